The van der Waals surface area contributed by atoms with Gasteiger partial charge in [0.15, 0.2) is 0 Å². The Kier molecular flexibility index (Phi) is 1.63. The Hall–Kier alpha value is -0.370. The molecule has 0 spiro atoms. The van der Waals surface area contributed by atoms with Gasteiger partial charge in [-0.15, -0.1) is 16.2 Å². The molecule has 1 aliphatic heterocycles. The van der Waals surface area contributed by atoms with Crippen molar-refractivity contribution in [2.24, 2.45) is 0 Å². The highest BCUT2D eigenvalue weighted by atomic mass is 19.2. The van der Waals surface area contributed by atoms with Crippen LogP contribution in [-0.2, 0) is 0 Å². The number of hydrogen-bond donors (Lipinski definition) is 0. The molecule has 0 radical (unpaired) electrons. The Labute approximate surface area is 48.7 Å². The summed E-state index contributed by atoms with van der Waals surface area (Å²) in [5.74, 6) is 0. The summed E-state index contributed by atoms with van der Waals surface area (Å²) in [5, 5.41) is 0.840. The molecular weight excluding hydrogens is 105 g/mol. The molecule has 1 fully saturated rings. The second kappa shape index (κ2) is 2.27. The smallest absolute Gasteiger partial charge is 0.0580 e. The molecule has 0 aliphatic carbocycles. The number of hydrogen-bond acceptors (Lipinski definition) is 1. The van der Waals surface area contributed by atoms with Gasteiger partial charge in [0.2, 0.25) is 0 Å². The molecule has 0 N–H and O–H groups in total. The summed E-state index contributed by atoms with van der Waals surface area (Å²) in [6, 6.07) is -0.00463. The van der Waals surface area contributed by atoms with Crippen molar-refractivity contribution in [3.05, 3.63) is 12.7 Å². The predicted molar refractivity (Wildman–Crippen MR) is 31.0 cm³/mol. The lowest BCUT2D eigenvalue weighted by Gasteiger charge is -2.07. The van der Waals surface area contributed by atoms with Crippen LogP contribution in [0.1, 0.15) is 12.8 Å². The SMILES string of the molecule is C=CC1CCCN1F. The molecule has 1 nitrogen and oxygen atoms in total. The summed E-state index contributed by atoms with van der Waals surface area (Å²) in [6.07, 6.45) is 3.56. The number of rotatable bonds is 1. The predicted octanol–water partition coefficient (Wildman–Crippen LogP) is 1.52. The molecule has 0 amide bonds. The summed E-state index contributed by atoms with van der Waals surface area (Å²) in [5.41, 5.74) is 0. The highest BCUT2D eigenvalue weighted by molar-refractivity contribution is 4.88. The number of nitrogens with zero attached hydrogens (tertiary/aromatic N) is 1. The minimum Gasteiger partial charge on any atom is -0.140 e. The van der Waals surface area contributed by atoms with Gasteiger partial charge in [-0.1, -0.05) is 6.08 Å². The van der Waals surface area contributed by atoms with Gasteiger partial charge < -0.3 is 0 Å². The second-order valence-corrected chi connectivity index (χ2v) is 2.07. The minimum atomic E-state index is -0.00463. The van der Waals surface area contributed by atoms with Crippen LogP contribution < -0.4 is 0 Å². The van der Waals surface area contributed by atoms with Gasteiger partial charge in [0, 0.05) is 6.54 Å². The van der Waals surface area contributed by atoms with Crippen LogP contribution in [0.5, 0.6) is 0 Å². The molecule has 1 atom stereocenters. The molecule has 1 heterocycles. The minimum absolute atomic E-state index is 0.00463. The largest absolute Gasteiger partial charge is 0.140 e. The Morgan fingerprint density at radius 3 is 2.75 bits per heavy atom. The topological polar surface area (TPSA) is 3.24 Å². The van der Waals surface area contributed by atoms with E-state index in [4.69, 9.17) is 0 Å². The maximum atomic E-state index is 12.4. The van der Waals surface area contributed by atoms with Crippen LogP contribution in [0.15, 0.2) is 12.7 Å². The van der Waals surface area contributed by atoms with Crippen molar-refractivity contribution < 1.29 is 4.48 Å². The van der Waals surface area contributed by atoms with Gasteiger partial charge >= 0.3 is 0 Å². The average Bonchev–Trinajstić information content (AvgIpc) is 2.14. The molecule has 46 valence electrons. The fraction of sp³-hybridized carbons (Fsp3) is 0.667. The summed E-state index contributed by atoms with van der Waals surface area (Å²) < 4.78 is 12.4. The third kappa shape index (κ3) is 0.892. The van der Waals surface area contributed by atoms with Gasteiger partial charge in [-0.05, 0) is 12.8 Å². The van der Waals surface area contributed by atoms with E-state index < -0.39 is 0 Å². The molecule has 0 saturated carbocycles. The quantitative estimate of drug-likeness (QED) is 0.370. The van der Waals surface area contributed by atoms with Gasteiger partial charge in [-0.2, -0.15) is 0 Å². The van der Waals surface area contributed by atoms with E-state index in [2.05, 4.69) is 6.58 Å². The van der Waals surface area contributed by atoms with Gasteiger partial charge in [-0.3, -0.25) is 0 Å². The molecule has 0 aromatic carbocycles. The third-order valence-corrected chi connectivity index (χ3v) is 1.50. The Balaban J connectivity index is 2.41. The van der Waals surface area contributed by atoms with E-state index in [9.17, 15) is 4.48 Å². The van der Waals surface area contributed by atoms with Crippen LogP contribution in [0, 0.1) is 0 Å². The van der Waals surface area contributed by atoms with Crippen LogP contribution in [-0.4, -0.2) is 17.7 Å². The molecule has 0 aromatic heterocycles. The van der Waals surface area contributed by atoms with Crippen molar-refractivity contribution in [2.75, 3.05) is 6.54 Å². The number of halogens is 1. The van der Waals surface area contributed by atoms with Crippen molar-refractivity contribution in [3.63, 3.8) is 0 Å². The fourth-order valence-corrected chi connectivity index (χ4v) is 0.990. The second-order valence-electron chi connectivity index (χ2n) is 2.07. The Morgan fingerprint density at radius 1 is 1.75 bits per heavy atom. The summed E-state index contributed by atoms with van der Waals surface area (Å²) >= 11 is 0. The molecule has 1 rings (SSSR count). The van der Waals surface area contributed by atoms with E-state index >= 15 is 0 Å². The summed E-state index contributed by atoms with van der Waals surface area (Å²) in [6.45, 7) is 4.09. The van der Waals surface area contributed by atoms with Crippen molar-refractivity contribution >= 4 is 0 Å². The monoisotopic (exact) mass is 115 g/mol. The zero-order chi connectivity index (χ0) is 5.98. The Morgan fingerprint density at radius 2 is 2.50 bits per heavy atom. The highest BCUT2D eigenvalue weighted by Crippen LogP contribution is 2.16. The third-order valence-electron chi connectivity index (χ3n) is 1.50. The zero-order valence-electron chi connectivity index (χ0n) is 4.81. The van der Waals surface area contributed by atoms with Gasteiger partial charge in [0.25, 0.3) is 0 Å². The van der Waals surface area contributed by atoms with Crippen molar-refractivity contribution in [1.82, 2.24) is 5.12 Å². The van der Waals surface area contributed by atoms with Crippen LogP contribution in [0.25, 0.3) is 0 Å². The molecule has 8 heavy (non-hydrogen) atoms. The Bertz CT molecular complexity index is 92.5. The van der Waals surface area contributed by atoms with Crippen molar-refractivity contribution in [3.8, 4) is 0 Å². The van der Waals surface area contributed by atoms with E-state index in [-0.39, 0.29) is 6.04 Å². The van der Waals surface area contributed by atoms with E-state index in [1.165, 1.54) is 0 Å². The standard InChI is InChI=1S/C6H10FN/c1-2-6-4-3-5-8(6)7/h2,6H,1,3-5H2. The molecule has 2 heteroatoms. The molecule has 1 aliphatic rings. The molecule has 0 bridgehead atoms. The first kappa shape index (κ1) is 5.76. The average molecular weight is 115 g/mol. The lowest BCUT2D eigenvalue weighted by atomic mass is 10.2. The first-order valence-electron chi connectivity index (χ1n) is 2.89. The van der Waals surface area contributed by atoms with Crippen molar-refractivity contribution in [2.45, 2.75) is 18.9 Å². The first-order chi connectivity index (χ1) is 3.84. The van der Waals surface area contributed by atoms with Crippen LogP contribution in [0.4, 0.5) is 4.48 Å². The van der Waals surface area contributed by atoms with E-state index in [0.29, 0.717) is 6.54 Å². The van der Waals surface area contributed by atoms with Crippen molar-refractivity contribution in [1.29, 1.82) is 0 Å². The normalized spacial score (nSPS) is 30.9. The van der Waals surface area contributed by atoms with Crippen LogP contribution >= 0.6 is 0 Å². The lowest BCUT2D eigenvalue weighted by molar-refractivity contribution is 0.0293. The van der Waals surface area contributed by atoms with E-state index in [0.717, 1.165) is 18.0 Å². The van der Waals surface area contributed by atoms with Gasteiger partial charge in [0.1, 0.15) is 0 Å². The van der Waals surface area contributed by atoms with Crippen LogP contribution in [0.2, 0.25) is 0 Å². The molecule has 1 unspecified atom stereocenters. The first-order valence-corrected chi connectivity index (χ1v) is 2.89. The maximum absolute atomic E-state index is 12.4. The fourth-order valence-electron chi connectivity index (χ4n) is 0.990. The highest BCUT2D eigenvalue weighted by Gasteiger charge is 2.20. The van der Waals surface area contributed by atoms with Gasteiger partial charge in [0.05, 0.1) is 6.04 Å². The van der Waals surface area contributed by atoms with Gasteiger partial charge in [-0.25, -0.2) is 0 Å². The summed E-state index contributed by atoms with van der Waals surface area (Å²) in [4.78, 5) is 0. The molecule has 1 saturated heterocycles. The summed E-state index contributed by atoms with van der Waals surface area (Å²) in [7, 11) is 0. The van der Waals surface area contributed by atoms with E-state index in [1.54, 1.807) is 6.08 Å². The molecular formula is C6H10FN. The van der Waals surface area contributed by atoms with E-state index in [1.807, 2.05) is 0 Å². The molecule has 0 aromatic rings. The maximum Gasteiger partial charge on any atom is 0.0580 e. The van der Waals surface area contributed by atoms with Crippen LogP contribution in [0.3, 0.4) is 0 Å². The lowest BCUT2D eigenvalue weighted by Crippen LogP contribution is -2.17. The zero-order valence-corrected chi connectivity index (χ0v) is 4.81.